The number of carboxylic acid groups (broad SMARTS) is 1. The van der Waals surface area contributed by atoms with Gasteiger partial charge in [-0.15, -0.1) is 11.8 Å². The van der Waals surface area contributed by atoms with E-state index in [1.54, 1.807) is 26.0 Å². The van der Waals surface area contributed by atoms with Crippen molar-refractivity contribution in [1.82, 2.24) is 15.5 Å². The molecule has 0 aromatic heterocycles. The summed E-state index contributed by atoms with van der Waals surface area (Å²) in [7, 11) is 0. The number of aliphatic carboxylic acids is 1. The minimum Gasteiger partial charge on any atom is -0.480 e. The van der Waals surface area contributed by atoms with E-state index < -0.39 is 34.2 Å². The lowest BCUT2D eigenvalue weighted by atomic mass is 9.95. The molecule has 2 saturated heterocycles. The van der Waals surface area contributed by atoms with Crippen LogP contribution >= 0.6 is 11.8 Å². The molecule has 8 nitrogen and oxygen atoms in total. The fourth-order valence-corrected chi connectivity index (χ4v) is 5.29. The van der Waals surface area contributed by atoms with Gasteiger partial charge in [0.1, 0.15) is 23.5 Å². The Morgan fingerprint density at radius 1 is 1.36 bits per heavy atom. The van der Waals surface area contributed by atoms with E-state index in [-0.39, 0.29) is 18.2 Å². The zero-order valence-electron chi connectivity index (χ0n) is 15.6. The van der Waals surface area contributed by atoms with Crippen LogP contribution in [-0.2, 0) is 14.4 Å². The lowest BCUT2D eigenvalue weighted by molar-refractivity contribution is -0.161. The molecule has 2 aliphatic heterocycles. The van der Waals surface area contributed by atoms with Crippen molar-refractivity contribution in [1.29, 1.82) is 5.26 Å². The topological polar surface area (TPSA) is 123 Å². The van der Waals surface area contributed by atoms with Crippen molar-refractivity contribution in [3.8, 4) is 6.07 Å². The molecular formula is C19H22N4O4S. The third-order valence-corrected chi connectivity index (χ3v) is 6.52. The van der Waals surface area contributed by atoms with Gasteiger partial charge in [0.15, 0.2) is 0 Å². The molecule has 0 saturated carbocycles. The molecule has 0 radical (unpaired) electrons. The average Bonchev–Trinajstić information content (AvgIpc) is 2.92. The van der Waals surface area contributed by atoms with Crippen LogP contribution in [0.4, 0.5) is 0 Å². The highest BCUT2D eigenvalue weighted by Gasteiger charge is 2.64. The smallest absolute Gasteiger partial charge is 0.327 e. The third-order valence-electron chi connectivity index (χ3n) is 4.95. The molecule has 0 bridgehead atoms. The monoisotopic (exact) mass is 402 g/mol. The maximum atomic E-state index is 12.9. The lowest BCUT2D eigenvalue weighted by Crippen LogP contribution is -2.71. The predicted octanol–water partition coefficient (Wildman–Crippen LogP) is 0.863. The number of benzene rings is 1. The Labute approximate surface area is 167 Å². The molecule has 2 aliphatic rings. The number of hydrogen-bond acceptors (Lipinski definition) is 6. The molecule has 0 spiro atoms. The van der Waals surface area contributed by atoms with Crippen molar-refractivity contribution in [2.24, 2.45) is 0 Å². The first-order chi connectivity index (χ1) is 13.3. The summed E-state index contributed by atoms with van der Waals surface area (Å²) in [5.74, 6) is -1.80. The number of nitriles is 1. The molecule has 1 unspecified atom stereocenters. The summed E-state index contributed by atoms with van der Waals surface area (Å²) in [4.78, 5) is 38.4. The first-order valence-electron chi connectivity index (χ1n) is 8.96. The van der Waals surface area contributed by atoms with E-state index in [1.807, 2.05) is 24.3 Å². The van der Waals surface area contributed by atoms with Gasteiger partial charge in [0.25, 0.3) is 0 Å². The van der Waals surface area contributed by atoms with Crippen molar-refractivity contribution in [2.75, 3.05) is 6.54 Å². The molecule has 0 aliphatic carbocycles. The van der Waals surface area contributed by atoms with Crippen molar-refractivity contribution in [3.05, 3.63) is 35.9 Å². The van der Waals surface area contributed by atoms with E-state index in [9.17, 15) is 19.5 Å². The van der Waals surface area contributed by atoms with Crippen LogP contribution in [0.5, 0.6) is 0 Å². The van der Waals surface area contributed by atoms with E-state index in [2.05, 4.69) is 10.6 Å². The van der Waals surface area contributed by atoms with E-state index >= 15 is 0 Å². The number of β-lactam (4-membered cyclic amide) rings is 1. The molecule has 28 heavy (non-hydrogen) atoms. The standard InChI is InChI=1S/C19H22N4O4S/c1-19(2)14(18(26)27)23-16(25)13(17(23)28-19)22-15(24)12(21-10-6-9-20)11-7-4-3-5-8-11/h3-5,7-8,12-14,17,21H,6,10H2,1-2H3,(H,22,24)(H,26,27)/t12?,13-,14+,17-/m1/s1. The summed E-state index contributed by atoms with van der Waals surface area (Å²) in [6.45, 7) is 3.91. The Morgan fingerprint density at radius 3 is 2.64 bits per heavy atom. The second-order valence-electron chi connectivity index (χ2n) is 7.29. The third kappa shape index (κ3) is 3.57. The van der Waals surface area contributed by atoms with Gasteiger partial charge in [-0.3, -0.25) is 9.59 Å². The molecule has 3 rings (SSSR count). The normalized spacial score (nSPS) is 26.0. The Balaban J connectivity index is 1.73. The average molecular weight is 402 g/mol. The van der Waals surface area contributed by atoms with Crippen LogP contribution in [0.25, 0.3) is 0 Å². The SMILES string of the molecule is CC1(C)S[C@@H]2[C@H](NC(=O)C(NCCC#N)c3ccccc3)C(=O)N2[C@H]1C(=O)O. The molecule has 4 atom stereocenters. The van der Waals surface area contributed by atoms with Crippen molar-refractivity contribution >= 4 is 29.5 Å². The van der Waals surface area contributed by atoms with Crippen molar-refractivity contribution in [3.63, 3.8) is 0 Å². The fraction of sp³-hybridized carbons (Fsp3) is 0.474. The van der Waals surface area contributed by atoms with Gasteiger partial charge in [0.05, 0.1) is 6.07 Å². The van der Waals surface area contributed by atoms with Gasteiger partial charge in [-0.25, -0.2) is 4.79 Å². The van der Waals surface area contributed by atoms with E-state index in [4.69, 9.17) is 5.26 Å². The van der Waals surface area contributed by atoms with Crippen molar-refractivity contribution in [2.45, 2.75) is 48.5 Å². The summed E-state index contributed by atoms with van der Waals surface area (Å²) < 4.78 is -0.643. The number of carbonyl (C=O) groups excluding carboxylic acids is 2. The molecule has 1 aromatic carbocycles. The first-order valence-corrected chi connectivity index (χ1v) is 9.84. The zero-order chi connectivity index (χ0) is 20.5. The van der Waals surface area contributed by atoms with Gasteiger partial charge >= 0.3 is 5.97 Å². The van der Waals surface area contributed by atoms with Crippen LogP contribution in [0.3, 0.4) is 0 Å². The highest BCUT2D eigenvalue weighted by Crippen LogP contribution is 2.50. The first kappa shape index (κ1) is 20.2. The number of nitrogens with one attached hydrogen (secondary N) is 2. The number of carboxylic acids is 1. The van der Waals surface area contributed by atoms with Gasteiger partial charge in [0.2, 0.25) is 11.8 Å². The van der Waals surface area contributed by atoms with Gasteiger partial charge in [0, 0.05) is 17.7 Å². The van der Waals surface area contributed by atoms with Gasteiger partial charge < -0.3 is 20.6 Å². The number of amides is 2. The molecule has 3 N–H and O–H groups in total. The number of fused-ring (bicyclic) bond motifs is 1. The summed E-state index contributed by atoms with van der Waals surface area (Å²) in [6, 6.07) is 8.70. The molecule has 2 heterocycles. The minimum atomic E-state index is -1.04. The van der Waals surface area contributed by atoms with Crippen LogP contribution in [0.15, 0.2) is 30.3 Å². The van der Waals surface area contributed by atoms with E-state index in [0.29, 0.717) is 6.54 Å². The van der Waals surface area contributed by atoms with Crippen molar-refractivity contribution < 1.29 is 19.5 Å². The number of nitrogens with zero attached hydrogens (tertiary/aromatic N) is 2. The Bertz CT molecular complexity index is 823. The molecular weight excluding hydrogens is 380 g/mol. The highest BCUT2D eigenvalue weighted by molar-refractivity contribution is 8.01. The quantitative estimate of drug-likeness (QED) is 0.457. The van der Waals surface area contributed by atoms with Gasteiger partial charge in [-0.1, -0.05) is 30.3 Å². The summed E-state index contributed by atoms with van der Waals surface area (Å²) in [5.41, 5.74) is 0.726. The van der Waals surface area contributed by atoms with Crippen LogP contribution in [0, 0.1) is 11.3 Å². The van der Waals surface area contributed by atoms with E-state index in [1.165, 1.54) is 16.7 Å². The largest absolute Gasteiger partial charge is 0.480 e. The van der Waals surface area contributed by atoms with Gasteiger partial charge in [-0.2, -0.15) is 5.26 Å². The molecule has 2 amide bonds. The maximum absolute atomic E-state index is 12.9. The van der Waals surface area contributed by atoms with Gasteiger partial charge in [-0.05, 0) is 19.4 Å². The number of rotatable bonds is 7. The lowest BCUT2D eigenvalue weighted by Gasteiger charge is -2.44. The number of carbonyl (C=O) groups is 3. The zero-order valence-corrected chi connectivity index (χ0v) is 16.4. The Kier molecular flexibility index (Phi) is 5.63. The summed E-state index contributed by atoms with van der Waals surface area (Å²) in [5, 5.41) is 23.6. The molecule has 2 fully saturated rings. The van der Waals surface area contributed by atoms with Crippen LogP contribution < -0.4 is 10.6 Å². The highest BCUT2D eigenvalue weighted by atomic mass is 32.2. The van der Waals surface area contributed by atoms with Crippen LogP contribution in [0.2, 0.25) is 0 Å². The van der Waals surface area contributed by atoms with Crippen LogP contribution in [0.1, 0.15) is 31.9 Å². The number of thioether (sulfide) groups is 1. The Morgan fingerprint density at radius 2 is 2.04 bits per heavy atom. The molecule has 9 heteroatoms. The summed E-state index contributed by atoms with van der Waals surface area (Å²) >= 11 is 1.38. The number of hydrogen-bond donors (Lipinski definition) is 3. The van der Waals surface area contributed by atoms with Crippen LogP contribution in [-0.4, -0.2) is 56.5 Å². The second-order valence-corrected chi connectivity index (χ2v) is 9.06. The molecule has 148 valence electrons. The predicted molar refractivity (Wildman–Crippen MR) is 103 cm³/mol. The summed E-state index contributed by atoms with van der Waals surface area (Å²) in [6.07, 6.45) is 0.250. The Hall–Kier alpha value is -2.57. The fourth-order valence-electron chi connectivity index (χ4n) is 3.66. The second kappa shape index (κ2) is 7.81. The van der Waals surface area contributed by atoms with E-state index in [0.717, 1.165) is 5.56 Å². The maximum Gasteiger partial charge on any atom is 0.327 e. The molecule has 1 aromatic rings. The minimum absolute atomic E-state index is 0.250.